The summed E-state index contributed by atoms with van der Waals surface area (Å²) in [6, 6.07) is 14.3. The Kier molecular flexibility index (Phi) is 6.37. The fourth-order valence-corrected chi connectivity index (χ4v) is 3.78. The summed E-state index contributed by atoms with van der Waals surface area (Å²) in [5, 5.41) is 6.74. The average molecular weight is 409 g/mol. The third-order valence-corrected chi connectivity index (χ3v) is 5.46. The second kappa shape index (κ2) is 9.52. The van der Waals surface area contributed by atoms with Crippen LogP contribution in [-0.4, -0.2) is 43.7 Å². The number of rotatable bonds is 7. The van der Waals surface area contributed by atoms with Crippen molar-refractivity contribution in [1.82, 2.24) is 15.5 Å². The van der Waals surface area contributed by atoms with Crippen LogP contribution < -0.4 is 20.1 Å². The van der Waals surface area contributed by atoms with Crippen molar-refractivity contribution >= 4 is 11.9 Å². The molecule has 7 heteroatoms. The lowest BCUT2D eigenvalue weighted by molar-refractivity contribution is -0.128. The molecule has 2 aliphatic heterocycles. The Bertz CT molecular complexity index is 928. The van der Waals surface area contributed by atoms with E-state index in [4.69, 9.17) is 9.47 Å². The van der Waals surface area contributed by atoms with Crippen molar-refractivity contribution in [3.63, 3.8) is 0 Å². The molecular formula is C23H28N4O3. The summed E-state index contributed by atoms with van der Waals surface area (Å²) in [7, 11) is 1.77. The fourth-order valence-electron chi connectivity index (χ4n) is 3.78. The number of likely N-dealkylation sites (tertiary alicyclic amines) is 1. The summed E-state index contributed by atoms with van der Waals surface area (Å²) in [5.41, 5.74) is 3.54. The molecular weight excluding hydrogens is 380 g/mol. The SMILES string of the molecule is CN=C(NCCc1ccc2c(c1)OCO2)NCc1ccccc1CN1CCCC1=O. The van der Waals surface area contributed by atoms with Gasteiger partial charge in [0.25, 0.3) is 0 Å². The number of nitrogens with one attached hydrogen (secondary N) is 2. The number of amides is 1. The zero-order valence-corrected chi connectivity index (χ0v) is 17.3. The lowest BCUT2D eigenvalue weighted by Gasteiger charge is -2.19. The van der Waals surface area contributed by atoms with Crippen LogP contribution in [0.25, 0.3) is 0 Å². The van der Waals surface area contributed by atoms with E-state index in [0.29, 0.717) is 26.3 Å². The van der Waals surface area contributed by atoms with Crippen LogP contribution in [0.5, 0.6) is 11.5 Å². The molecule has 0 radical (unpaired) electrons. The van der Waals surface area contributed by atoms with Crippen molar-refractivity contribution in [3.8, 4) is 11.5 Å². The second-order valence-corrected chi connectivity index (χ2v) is 7.48. The molecule has 0 atom stereocenters. The predicted molar refractivity (Wildman–Crippen MR) is 116 cm³/mol. The third-order valence-electron chi connectivity index (χ3n) is 5.46. The summed E-state index contributed by atoms with van der Waals surface area (Å²) in [5.74, 6) is 2.61. The maximum atomic E-state index is 12.0. The normalized spacial score (nSPS) is 15.6. The first-order valence-corrected chi connectivity index (χ1v) is 10.4. The van der Waals surface area contributed by atoms with Gasteiger partial charge in [-0.3, -0.25) is 9.79 Å². The molecule has 2 N–H and O–H groups in total. The molecule has 0 aromatic heterocycles. The van der Waals surface area contributed by atoms with Gasteiger partial charge >= 0.3 is 0 Å². The Hall–Kier alpha value is -3.22. The highest BCUT2D eigenvalue weighted by atomic mass is 16.7. The molecule has 4 rings (SSSR count). The van der Waals surface area contributed by atoms with E-state index < -0.39 is 0 Å². The molecule has 1 fully saturated rings. The first-order chi connectivity index (χ1) is 14.7. The van der Waals surface area contributed by atoms with Crippen LogP contribution in [0.2, 0.25) is 0 Å². The van der Waals surface area contributed by atoms with Crippen molar-refractivity contribution < 1.29 is 14.3 Å². The number of ether oxygens (including phenoxy) is 2. The van der Waals surface area contributed by atoms with Gasteiger partial charge in [-0.05, 0) is 41.7 Å². The fraction of sp³-hybridized carbons (Fsp3) is 0.391. The van der Waals surface area contributed by atoms with Crippen molar-refractivity contribution in [1.29, 1.82) is 0 Å². The van der Waals surface area contributed by atoms with Gasteiger partial charge in [-0.2, -0.15) is 0 Å². The standard InChI is InChI=1S/C23H28N4O3/c1-24-23(25-11-10-17-8-9-20-21(13-17)30-16-29-20)26-14-18-5-2-3-6-19(18)15-27-12-4-7-22(27)28/h2-3,5-6,8-9,13H,4,7,10-12,14-16H2,1H3,(H2,24,25,26). The van der Waals surface area contributed by atoms with Gasteiger partial charge < -0.3 is 25.0 Å². The smallest absolute Gasteiger partial charge is 0.231 e. The van der Waals surface area contributed by atoms with Crippen LogP contribution in [0, 0.1) is 0 Å². The van der Waals surface area contributed by atoms with Crippen LogP contribution in [0.3, 0.4) is 0 Å². The van der Waals surface area contributed by atoms with Gasteiger partial charge in [0, 0.05) is 39.6 Å². The van der Waals surface area contributed by atoms with E-state index in [1.807, 2.05) is 29.2 Å². The molecule has 2 aromatic rings. The number of fused-ring (bicyclic) bond motifs is 1. The summed E-state index contributed by atoms with van der Waals surface area (Å²) < 4.78 is 10.8. The highest BCUT2D eigenvalue weighted by Crippen LogP contribution is 2.32. The van der Waals surface area contributed by atoms with Crippen LogP contribution in [-0.2, 0) is 24.3 Å². The molecule has 0 saturated carbocycles. The molecule has 30 heavy (non-hydrogen) atoms. The highest BCUT2D eigenvalue weighted by Gasteiger charge is 2.20. The van der Waals surface area contributed by atoms with E-state index in [1.165, 1.54) is 16.7 Å². The van der Waals surface area contributed by atoms with Gasteiger partial charge in [0.15, 0.2) is 17.5 Å². The quantitative estimate of drug-likeness (QED) is 0.544. The van der Waals surface area contributed by atoms with Crippen LogP contribution >= 0.6 is 0 Å². The second-order valence-electron chi connectivity index (χ2n) is 7.48. The van der Waals surface area contributed by atoms with Gasteiger partial charge in [-0.15, -0.1) is 0 Å². The molecule has 0 bridgehead atoms. The minimum absolute atomic E-state index is 0.249. The third kappa shape index (κ3) is 4.84. The number of carbonyl (C=O) groups is 1. The Labute approximate surface area is 177 Å². The number of aliphatic imine (C=N–C) groups is 1. The molecule has 0 spiro atoms. The van der Waals surface area contributed by atoms with Gasteiger partial charge in [0.05, 0.1) is 0 Å². The minimum atomic E-state index is 0.249. The molecule has 158 valence electrons. The number of hydrogen-bond donors (Lipinski definition) is 2. The van der Waals surface area contributed by atoms with Crippen LogP contribution in [0.1, 0.15) is 29.5 Å². The minimum Gasteiger partial charge on any atom is -0.454 e. The molecule has 1 amide bonds. The lowest BCUT2D eigenvalue weighted by atomic mass is 10.1. The number of benzene rings is 2. The maximum Gasteiger partial charge on any atom is 0.231 e. The van der Waals surface area contributed by atoms with E-state index in [9.17, 15) is 4.79 Å². The summed E-state index contributed by atoms with van der Waals surface area (Å²) in [6.07, 6.45) is 2.48. The Balaban J connectivity index is 1.28. The van der Waals surface area contributed by atoms with Gasteiger partial charge in [-0.25, -0.2) is 0 Å². The topological polar surface area (TPSA) is 75.2 Å². The average Bonchev–Trinajstić information content (AvgIpc) is 3.40. The lowest BCUT2D eigenvalue weighted by Crippen LogP contribution is -2.38. The van der Waals surface area contributed by atoms with Gasteiger partial charge in [0.2, 0.25) is 12.7 Å². The van der Waals surface area contributed by atoms with Crippen molar-refractivity contribution in [3.05, 3.63) is 59.2 Å². The van der Waals surface area contributed by atoms with Crippen molar-refractivity contribution in [2.75, 3.05) is 26.9 Å². The van der Waals surface area contributed by atoms with E-state index >= 15 is 0 Å². The molecule has 0 aliphatic carbocycles. The largest absolute Gasteiger partial charge is 0.454 e. The van der Waals surface area contributed by atoms with E-state index in [1.54, 1.807) is 7.05 Å². The zero-order valence-electron chi connectivity index (χ0n) is 17.3. The molecule has 7 nitrogen and oxygen atoms in total. The molecule has 0 unspecified atom stereocenters. The van der Waals surface area contributed by atoms with E-state index in [-0.39, 0.29) is 5.91 Å². The number of guanidine groups is 1. The summed E-state index contributed by atoms with van der Waals surface area (Å²) in [4.78, 5) is 18.2. The zero-order chi connectivity index (χ0) is 20.8. The van der Waals surface area contributed by atoms with E-state index in [0.717, 1.165) is 43.4 Å². The number of hydrogen-bond acceptors (Lipinski definition) is 4. The molecule has 2 heterocycles. The Morgan fingerprint density at radius 2 is 1.93 bits per heavy atom. The predicted octanol–water partition coefficient (Wildman–Crippen LogP) is 2.45. The molecule has 2 aliphatic rings. The highest BCUT2D eigenvalue weighted by molar-refractivity contribution is 5.79. The van der Waals surface area contributed by atoms with Crippen LogP contribution in [0.15, 0.2) is 47.5 Å². The summed E-state index contributed by atoms with van der Waals surface area (Å²) >= 11 is 0. The monoisotopic (exact) mass is 408 g/mol. The molecule has 1 saturated heterocycles. The first kappa shape index (κ1) is 20.1. The first-order valence-electron chi connectivity index (χ1n) is 10.4. The van der Waals surface area contributed by atoms with Gasteiger partial charge in [0.1, 0.15) is 0 Å². The maximum absolute atomic E-state index is 12.0. The summed E-state index contributed by atoms with van der Waals surface area (Å²) in [6.45, 7) is 3.22. The van der Waals surface area contributed by atoms with E-state index in [2.05, 4.69) is 33.8 Å². The van der Waals surface area contributed by atoms with Crippen LogP contribution in [0.4, 0.5) is 0 Å². The Morgan fingerprint density at radius 3 is 2.73 bits per heavy atom. The van der Waals surface area contributed by atoms with Crippen molar-refractivity contribution in [2.45, 2.75) is 32.4 Å². The molecule has 2 aromatic carbocycles. The number of carbonyl (C=O) groups excluding carboxylic acids is 1. The van der Waals surface area contributed by atoms with Crippen molar-refractivity contribution in [2.24, 2.45) is 4.99 Å². The Morgan fingerprint density at radius 1 is 1.10 bits per heavy atom. The number of nitrogens with zero attached hydrogens (tertiary/aromatic N) is 2. The van der Waals surface area contributed by atoms with Gasteiger partial charge in [-0.1, -0.05) is 30.3 Å².